The Labute approximate surface area is 77.9 Å². The van der Waals surface area contributed by atoms with Crippen LogP contribution in [0.25, 0.3) is 0 Å². The molecule has 0 aromatic heterocycles. The van der Waals surface area contributed by atoms with E-state index in [-0.39, 0.29) is 10.9 Å². The second kappa shape index (κ2) is 4.30. The number of halogens is 4. The van der Waals surface area contributed by atoms with Gasteiger partial charge in [0.05, 0.1) is 0 Å². The van der Waals surface area contributed by atoms with Gasteiger partial charge in [-0.2, -0.15) is 13.2 Å². The van der Waals surface area contributed by atoms with Crippen LogP contribution in [0.5, 0.6) is 0 Å². The minimum Gasteiger partial charge on any atom is -0.288 e. The predicted octanol–water partition coefficient (Wildman–Crippen LogP) is 2.95. The topological polar surface area (TPSA) is 17.1 Å². The Morgan fingerprint density at radius 1 is 1.31 bits per heavy atom. The summed E-state index contributed by atoms with van der Waals surface area (Å²) in [6.45, 7) is 1.71. The molecular formula is C7H10F4OS. The highest BCUT2D eigenvalue weighted by molar-refractivity contribution is 8.13. The van der Waals surface area contributed by atoms with Crippen LogP contribution in [0.3, 0.4) is 0 Å². The minimum atomic E-state index is -4.86. The minimum absolute atomic E-state index is 0.151. The lowest BCUT2D eigenvalue weighted by Crippen LogP contribution is -2.38. The standard InChI is InChI=1S/C7H10F4OS/c1-5(12)13-4-3-6(2,8)7(9,10)11/h3-4H2,1-2H3. The lowest BCUT2D eigenvalue weighted by Gasteiger charge is -2.22. The molecule has 13 heavy (non-hydrogen) atoms. The lowest BCUT2D eigenvalue weighted by atomic mass is 10.1. The van der Waals surface area contributed by atoms with Crippen molar-refractivity contribution < 1.29 is 22.4 Å². The fraction of sp³-hybridized carbons (Fsp3) is 0.857. The summed E-state index contributed by atoms with van der Waals surface area (Å²) in [5, 5.41) is -0.307. The molecule has 0 saturated carbocycles. The highest BCUT2D eigenvalue weighted by atomic mass is 32.2. The molecule has 0 amide bonds. The summed E-state index contributed by atoms with van der Waals surface area (Å²) >= 11 is 0.695. The van der Waals surface area contributed by atoms with Crippen LogP contribution in [0.2, 0.25) is 0 Å². The lowest BCUT2D eigenvalue weighted by molar-refractivity contribution is -0.224. The normalized spacial score (nSPS) is 16.8. The highest BCUT2D eigenvalue weighted by Crippen LogP contribution is 2.36. The van der Waals surface area contributed by atoms with E-state index in [1.54, 1.807) is 0 Å². The van der Waals surface area contributed by atoms with Crippen LogP contribution in [0.1, 0.15) is 20.3 Å². The van der Waals surface area contributed by atoms with Crippen molar-refractivity contribution in [2.75, 3.05) is 5.75 Å². The average molecular weight is 218 g/mol. The van der Waals surface area contributed by atoms with Crippen LogP contribution in [0.15, 0.2) is 0 Å². The number of carbonyl (C=O) groups is 1. The Morgan fingerprint density at radius 2 is 1.77 bits per heavy atom. The van der Waals surface area contributed by atoms with E-state index in [2.05, 4.69) is 0 Å². The Bertz CT molecular complexity index is 187. The van der Waals surface area contributed by atoms with Crippen LogP contribution in [-0.2, 0) is 4.79 Å². The molecule has 0 aliphatic carbocycles. The van der Waals surface area contributed by atoms with Gasteiger partial charge >= 0.3 is 6.18 Å². The van der Waals surface area contributed by atoms with Crippen molar-refractivity contribution in [1.82, 2.24) is 0 Å². The van der Waals surface area contributed by atoms with Crippen molar-refractivity contribution in [3.63, 3.8) is 0 Å². The van der Waals surface area contributed by atoms with Gasteiger partial charge in [0.25, 0.3) is 0 Å². The van der Waals surface area contributed by atoms with Gasteiger partial charge in [0.2, 0.25) is 5.67 Å². The maximum atomic E-state index is 12.8. The van der Waals surface area contributed by atoms with Crippen LogP contribution >= 0.6 is 11.8 Å². The van der Waals surface area contributed by atoms with E-state index in [1.807, 2.05) is 0 Å². The van der Waals surface area contributed by atoms with Crippen LogP contribution < -0.4 is 0 Å². The largest absolute Gasteiger partial charge is 0.422 e. The van der Waals surface area contributed by atoms with E-state index in [9.17, 15) is 22.4 Å². The van der Waals surface area contributed by atoms with Crippen molar-refractivity contribution in [2.24, 2.45) is 0 Å². The molecule has 1 atom stereocenters. The van der Waals surface area contributed by atoms with Crippen LogP contribution in [-0.4, -0.2) is 22.7 Å². The van der Waals surface area contributed by atoms with Gasteiger partial charge < -0.3 is 0 Å². The molecule has 0 spiro atoms. The zero-order valence-electron chi connectivity index (χ0n) is 7.24. The number of hydrogen-bond donors (Lipinski definition) is 0. The summed E-state index contributed by atoms with van der Waals surface area (Å²) in [5.74, 6) is -0.151. The first kappa shape index (κ1) is 12.7. The smallest absolute Gasteiger partial charge is 0.288 e. The summed E-state index contributed by atoms with van der Waals surface area (Å²) in [6, 6.07) is 0. The highest BCUT2D eigenvalue weighted by Gasteiger charge is 2.51. The van der Waals surface area contributed by atoms with Gasteiger partial charge in [-0.1, -0.05) is 11.8 Å². The molecule has 6 heteroatoms. The first-order chi connectivity index (χ1) is 5.67. The monoisotopic (exact) mass is 218 g/mol. The van der Waals surface area contributed by atoms with Crippen molar-refractivity contribution >= 4 is 16.9 Å². The molecule has 0 N–H and O–H groups in total. The quantitative estimate of drug-likeness (QED) is 0.677. The Kier molecular flexibility index (Phi) is 4.22. The Hall–Kier alpha value is -0.260. The van der Waals surface area contributed by atoms with Gasteiger partial charge in [-0.3, -0.25) is 4.79 Å². The van der Waals surface area contributed by atoms with Crippen molar-refractivity contribution in [2.45, 2.75) is 32.1 Å². The van der Waals surface area contributed by atoms with E-state index in [0.717, 1.165) is 0 Å². The van der Waals surface area contributed by atoms with Gasteiger partial charge in [0.15, 0.2) is 5.12 Å². The maximum Gasteiger partial charge on any atom is 0.422 e. The third-order valence-electron chi connectivity index (χ3n) is 1.47. The average Bonchev–Trinajstić information content (AvgIpc) is 1.82. The fourth-order valence-corrected chi connectivity index (χ4v) is 1.30. The molecule has 1 unspecified atom stereocenters. The van der Waals surface area contributed by atoms with Gasteiger partial charge in [-0.25, -0.2) is 4.39 Å². The molecule has 0 aliphatic rings. The van der Waals surface area contributed by atoms with Gasteiger partial charge in [0, 0.05) is 12.7 Å². The molecule has 0 heterocycles. The molecule has 78 valence electrons. The van der Waals surface area contributed by atoms with Crippen LogP contribution in [0.4, 0.5) is 17.6 Å². The van der Waals surface area contributed by atoms with Crippen LogP contribution in [0, 0.1) is 0 Å². The maximum absolute atomic E-state index is 12.8. The number of hydrogen-bond acceptors (Lipinski definition) is 2. The summed E-state index contributed by atoms with van der Waals surface area (Å²) < 4.78 is 48.5. The second-order valence-electron chi connectivity index (χ2n) is 2.79. The zero-order valence-corrected chi connectivity index (χ0v) is 8.06. The van der Waals surface area contributed by atoms with E-state index >= 15 is 0 Å². The number of rotatable bonds is 3. The van der Waals surface area contributed by atoms with Crippen molar-refractivity contribution in [1.29, 1.82) is 0 Å². The summed E-state index contributed by atoms with van der Waals surface area (Å²) in [4.78, 5) is 10.3. The third-order valence-corrected chi connectivity index (χ3v) is 2.28. The first-order valence-corrected chi connectivity index (χ1v) is 4.54. The molecular weight excluding hydrogens is 208 g/mol. The molecule has 0 aromatic carbocycles. The third kappa shape index (κ3) is 4.50. The molecule has 0 fully saturated rings. The summed E-state index contributed by atoms with van der Waals surface area (Å²) in [6.07, 6.45) is -5.55. The second-order valence-corrected chi connectivity index (χ2v) is 4.06. The first-order valence-electron chi connectivity index (χ1n) is 3.56. The van der Waals surface area contributed by atoms with E-state index in [1.165, 1.54) is 6.92 Å². The number of thioether (sulfide) groups is 1. The predicted molar refractivity (Wildman–Crippen MR) is 43.3 cm³/mol. The Morgan fingerprint density at radius 3 is 2.08 bits per heavy atom. The van der Waals surface area contributed by atoms with E-state index in [4.69, 9.17) is 0 Å². The molecule has 0 rings (SSSR count). The van der Waals surface area contributed by atoms with E-state index in [0.29, 0.717) is 18.7 Å². The van der Waals surface area contributed by atoms with Gasteiger partial charge in [-0.15, -0.1) is 0 Å². The van der Waals surface area contributed by atoms with E-state index < -0.39 is 18.3 Å². The summed E-state index contributed by atoms with van der Waals surface area (Å²) in [7, 11) is 0. The zero-order chi connectivity index (χ0) is 10.7. The van der Waals surface area contributed by atoms with Gasteiger partial charge in [0.1, 0.15) is 0 Å². The van der Waals surface area contributed by atoms with Crippen molar-refractivity contribution in [3.05, 3.63) is 0 Å². The number of alkyl halides is 4. The van der Waals surface area contributed by atoms with Crippen molar-refractivity contribution in [3.8, 4) is 0 Å². The molecule has 0 bridgehead atoms. The summed E-state index contributed by atoms with van der Waals surface area (Å²) in [5.41, 5.74) is -3.20. The molecule has 0 aliphatic heterocycles. The Balaban J connectivity index is 3.97. The van der Waals surface area contributed by atoms with Gasteiger partial charge in [-0.05, 0) is 13.3 Å². The fourth-order valence-electron chi connectivity index (χ4n) is 0.528. The molecule has 0 aromatic rings. The molecule has 0 saturated heterocycles. The molecule has 0 radical (unpaired) electrons. The molecule has 1 nitrogen and oxygen atoms in total. The number of carbonyl (C=O) groups excluding carboxylic acids is 1. The SMILES string of the molecule is CC(=O)SCCC(C)(F)C(F)(F)F.